The summed E-state index contributed by atoms with van der Waals surface area (Å²) in [5.74, 6) is 2.06. The number of nitro benzene ring substituents is 1. The van der Waals surface area contributed by atoms with Gasteiger partial charge in [0.1, 0.15) is 5.69 Å². The van der Waals surface area contributed by atoms with Crippen LogP contribution in [0.4, 0.5) is 11.4 Å². The topological polar surface area (TPSA) is 64.4 Å². The quantitative estimate of drug-likeness (QED) is 0.308. The maximum atomic E-state index is 11.2. The number of para-hydroxylation sites is 1. The van der Waals surface area contributed by atoms with Crippen LogP contribution in [-0.2, 0) is 0 Å². The first-order valence-corrected chi connectivity index (χ1v) is 7.68. The highest BCUT2D eigenvalue weighted by molar-refractivity contribution is 7.99. The second kappa shape index (κ2) is 9.25. The minimum atomic E-state index is -0.399. The lowest BCUT2D eigenvalue weighted by atomic mass is 10.2. The Morgan fingerprint density at radius 1 is 1.55 bits per heavy atom. The van der Waals surface area contributed by atoms with Crippen LogP contribution in [0.15, 0.2) is 30.9 Å². The van der Waals surface area contributed by atoms with Crippen molar-refractivity contribution >= 4 is 23.1 Å². The number of nitrogens with zero attached hydrogens (tertiary/aromatic N) is 1. The Bertz CT molecular complexity index is 452. The highest BCUT2D eigenvalue weighted by Crippen LogP contribution is 2.34. The lowest BCUT2D eigenvalue weighted by molar-refractivity contribution is -0.385. The van der Waals surface area contributed by atoms with Crippen LogP contribution < -0.4 is 10.1 Å². The molecule has 0 radical (unpaired) electrons. The molecule has 0 atom stereocenters. The van der Waals surface area contributed by atoms with Crippen LogP contribution in [0.1, 0.15) is 13.3 Å². The molecule has 0 aromatic heterocycles. The molecule has 0 fully saturated rings. The largest absolute Gasteiger partial charge is 0.487 e. The number of ether oxygens (including phenoxy) is 1. The van der Waals surface area contributed by atoms with Gasteiger partial charge >= 0.3 is 5.69 Å². The van der Waals surface area contributed by atoms with Crippen molar-refractivity contribution in [1.29, 1.82) is 0 Å². The van der Waals surface area contributed by atoms with Gasteiger partial charge in [0.2, 0.25) is 0 Å². The smallest absolute Gasteiger partial charge is 0.333 e. The molecule has 1 aromatic carbocycles. The number of nitro groups is 1. The van der Waals surface area contributed by atoms with E-state index in [-0.39, 0.29) is 5.69 Å². The first kappa shape index (κ1) is 16.4. The van der Waals surface area contributed by atoms with Gasteiger partial charge in [0.15, 0.2) is 5.75 Å². The number of thioether (sulfide) groups is 1. The summed E-state index contributed by atoms with van der Waals surface area (Å²) < 4.78 is 5.43. The van der Waals surface area contributed by atoms with E-state index >= 15 is 0 Å². The lowest BCUT2D eigenvalue weighted by Crippen LogP contribution is -2.08. The number of hydrogen-bond acceptors (Lipinski definition) is 5. The molecular weight excluding hydrogens is 276 g/mol. The molecule has 0 saturated heterocycles. The zero-order valence-corrected chi connectivity index (χ0v) is 12.4. The molecule has 1 rings (SSSR count). The van der Waals surface area contributed by atoms with Gasteiger partial charge in [0.05, 0.1) is 11.5 Å². The number of nitrogens with one attached hydrogen (secondary N) is 1. The van der Waals surface area contributed by atoms with E-state index < -0.39 is 4.92 Å². The number of hydrogen-bond donors (Lipinski definition) is 1. The molecule has 0 saturated carbocycles. The summed E-state index contributed by atoms with van der Waals surface area (Å²) >= 11 is 1.72. The average molecular weight is 296 g/mol. The van der Waals surface area contributed by atoms with Crippen LogP contribution in [0.2, 0.25) is 0 Å². The fourth-order valence-electron chi connectivity index (χ4n) is 1.61. The molecular formula is C14H20N2O3S. The second-order valence-electron chi connectivity index (χ2n) is 4.05. The van der Waals surface area contributed by atoms with Crippen molar-refractivity contribution in [3.8, 4) is 5.75 Å². The first-order valence-electron chi connectivity index (χ1n) is 6.53. The van der Waals surface area contributed by atoms with Crippen molar-refractivity contribution in [3.63, 3.8) is 0 Å². The van der Waals surface area contributed by atoms with Crippen molar-refractivity contribution in [2.24, 2.45) is 0 Å². The molecule has 0 aliphatic heterocycles. The van der Waals surface area contributed by atoms with Crippen molar-refractivity contribution in [1.82, 2.24) is 0 Å². The van der Waals surface area contributed by atoms with Gasteiger partial charge in [0.25, 0.3) is 0 Å². The maximum absolute atomic E-state index is 11.2. The van der Waals surface area contributed by atoms with Crippen LogP contribution in [0.25, 0.3) is 0 Å². The highest BCUT2D eigenvalue weighted by atomic mass is 32.2. The Labute approximate surface area is 123 Å². The summed E-state index contributed by atoms with van der Waals surface area (Å²) in [5.41, 5.74) is 0.512. The number of benzene rings is 1. The van der Waals surface area contributed by atoms with E-state index in [1.807, 2.05) is 13.0 Å². The normalized spacial score (nSPS) is 10.1. The van der Waals surface area contributed by atoms with Crippen LogP contribution >= 0.6 is 11.8 Å². The van der Waals surface area contributed by atoms with Crippen LogP contribution in [0, 0.1) is 10.1 Å². The van der Waals surface area contributed by atoms with E-state index in [4.69, 9.17) is 4.74 Å². The third-order valence-corrected chi connectivity index (χ3v) is 3.41. The van der Waals surface area contributed by atoms with E-state index in [1.165, 1.54) is 0 Å². The zero-order chi connectivity index (χ0) is 14.8. The van der Waals surface area contributed by atoms with Crippen molar-refractivity contribution in [2.45, 2.75) is 13.3 Å². The van der Waals surface area contributed by atoms with Gasteiger partial charge in [-0.3, -0.25) is 10.1 Å². The summed E-state index contributed by atoms with van der Waals surface area (Å²) in [5, 5.41) is 14.3. The highest BCUT2D eigenvalue weighted by Gasteiger charge is 2.20. The van der Waals surface area contributed by atoms with Crippen molar-refractivity contribution < 1.29 is 9.66 Å². The Balaban J connectivity index is 2.73. The Kier molecular flexibility index (Phi) is 7.57. The summed E-state index contributed by atoms with van der Waals surface area (Å²) in [6.07, 6.45) is 2.65. The predicted molar refractivity (Wildman–Crippen MR) is 84.9 cm³/mol. The van der Waals surface area contributed by atoms with E-state index in [0.717, 1.165) is 17.9 Å². The summed E-state index contributed by atoms with van der Waals surface area (Å²) in [6, 6.07) is 5.09. The molecule has 0 aliphatic rings. The molecule has 0 unspecified atom stereocenters. The van der Waals surface area contributed by atoms with Gasteiger partial charge in [0, 0.05) is 18.1 Å². The number of anilines is 1. The monoisotopic (exact) mass is 296 g/mol. The van der Waals surface area contributed by atoms with Gasteiger partial charge < -0.3 is 10.1 Å². The molecule has 0 heterocycles. The number of rotatable bonds is 10. The summed E-state index contributed by atoms with van der Waals surface area (Å²) in [4.78, 5) is 10.8. The minimum Gasteiger partial charge on any atom is -0.487 e. The Morgan fingerprint density at radius 2 is 2.35 bits per heavy atom. The Morgan fingerprint density at radius 3 is 3.00 bits per heavy atom. The maximum Gasteiger partial charge on any atom is 0.333 e. The molecule has 0 aliphatic carbocycles. The molecule has 5 nitrogen and oxygen atoms in total. The third-order valence-electron chi connectivity index (χ3n) is 2.44. The molecule has 0 spiro atoms. The molecule has 1 N–H and O–H groups in total. The molecule has 6 heteroatoms. The molecule has 20 heavy (non-hydrogen) atoms. The molecule has 110 valence electrons. The van der Waals surface area contributed by atoms with E-state index in [2.05, 4.69) is 11.9 Å². The van der Waals surface area contributed by atoms with E-state index in [1.54, 1.807) is 30.0 Å². The van der Waals surface area contributed by atoms with E-state index in [0.29, 0.717) is 24.6 Å². The fraction of sp³-hybridized carbons (Fsp3) is 0.429. The van der Waals surface area contributed by atoms with Crippen LogP contribution in [-0.4, -0.2) is 29.6 Å². The second-order valence-corrected chi connectivity index (χ2v) is 5.20. The van der Waals surface area contributed by atoms with E-state index in [9.17, 15) is 10.1 Å². The summed E-state index contributed by atoms with van der Waals surface area (Å²) in [6.45, 7) is 6.74. The average Bonchev–Trinajstić information content (AvgIpc) is 2.44. The Hall–Kier alpha value is -1.69. The molecule has 1 aromatic rings. The van der Waals surface area contributed by atoms with Crippen molar-refractivity contribution in [3.05, 3.63) is 41.0 Å². The molecule has 0 amide bonds. The van der Waals surface area contributed by atoms with Crippen LogP contribution in [0.5, 0.6) is 5.75 Å². The standard InChI is InChI=1S/C14H20N2O3S/c1-3-9-19-13-7-5-6-12(14(13)16(17)18)15-8-11-20-10-4-2/h4-7,15H,2-3,8-11H2,1H3. The van der Waals surface area contributed by atoms with Gasteiger partial charge in [-0.1, -0.05) is 19.1 Å². The third kappa shape index (κ3) is 5.13. The minimum absolute atomic E-state index is 0.00895. The van der Waals surface area contributed by atoms with Gasteiger partial charge in [-0.15, -0.1) is 6.58 Å². The van der Waals surface area contributed by atoms with Gasteiger partial charge in [-0.2, -0.15) is 11.8 Å². The fourth-order valence-corrected chi connectivity index (χ4v) is 2.19. The lowest BCUT2D eigenvalue weighted by Gasteiger charge is -2.10. The van der Waals surface area contributed by atoms with Crippen LogP contribution in [0.3, 0.4) is 0 Å². The van der Waals surface area contributed by atoms with Gasteiger partial charge in [-0.25, -0.2) is 0 Å². The predicted octanol–water partition coefficient (Wildman–Crippen LogP) is 3.71. The zero-order valence-electron chi connectivity index (χ0n) is 11.6. The SMILES string of the molecule is C=CCSCCNc1cccc(OCCC)c1[N+](=O)[O-]. The first-order chi connectivity index (χ1) is 9.70. The summed E-state index contributed by atoms with van der Waals surface area (Å²) in [7, 11) is 0. The molecule has 0 bridgehead atoms. The van der Waals surface area contributed by atoms with Gasteiger partial charge in [-0.05, 0) is 18.6 Å². The van der Waals surface area contributed by atoms with Crippen molar-refractivity contribution in [2.75, 3.05) is 30.0 Å².